The van der Waals surface area contributed by atoms with E-state index >= 15 is 0 Å². The fourth-order valence-corrected chi connectivity index (χ4v) is 1.94. The molecule has 0 heterocycles. The maximum Gasteiger partial charge on any atom is 0.344 e. The molecule has 0 aliphatic heterocycles. The first-order chi connectivity index (χ1) is 10.1. The lowest BCUT2D eigenvalue weighted by atomic mass is 10.1. The van der Waals surface area contributed by atoms with Gasteiger partial charge in [-0.3, -0.25) is 0 Å². The minimum Gasteiger partial charge on any atom is -0.493 e. The van der Waals surface area contributed by atoms with Gasteiger partial charge in [-0.05, 0) is 26.0 Å². The first-order valence-corrected chi connectivity index (χ1v) is 7.42. The normalized spacial score (nSPS) is 12.0. The molecule has 118 valence electrons. The average molecular weight is 295 g/mol. The molecule has 1 atom stereocenters. The molecule has 5 nitrogen and oxygen atoms in total. The van der Waals surface area contributed by atoms with Crippen LogP contribution in [0, 0.1) is 0 Å². The third-order valence-electron chi connectivity index (χ3n) is 2.97. The SMILES string of the molecule is CCCOc1ccc(CNC)c(OC(CCC)C(=O)O)c1. The quantitative estimate of drug-likeness (QED) is 0.694. The minimum absolute atomic E-state index is 0.481. The van der Waals surface area contributed by atoms with Gasteiger partial charge < -0.3 is 19.9 Å². The van der Waals surface area contributed by atoms with E-state index in [1.165, 1.54) is 0 Å². The number of rotatable bonds is 10. The van der Waals surface area contributed by atoms with Crippen molar-refractivity contribution in [1.82, 2.24) is 5.32 Å². The summed E-state index contributed by atoms with van der Waals surface area (Å²) < 4.78 is 11.3. The van der Waals surface area contributed by atoms with Crippen LogP contribution < -0.4 is 14.8 Å². The smallest absolute Gasteiger partial charge is 0.344 e. The standard InChI is InChI=1S/C16H25NO4/c1-4-6-14(16(18)19)21-15-10-13(20-9-5-2)8-7-12(15)11-17-3/h7-8,10,14,17H,4-6,9,11H2,1-3H3,(H,18,19). The van der Waals surface area contributed by atoms with E-state index in [0.29, 0.717) is 31.1 Å². The molecule has 0 fully saturated rings. The third kappa shape index (κ3) is 5.63. The molecule has 0 amide bonds. The Bertz CT molecular complexity index is 448. The molecule has 0 bridgehead atoms. The Morgan fingerprint density at radius 3 is 2.67 bits per heavy atom. The number of carboxylic acid groups (broad SMARTS) is 1. The van der Waals surface area contributed by atoms with Gasteiger partial charge in [0.1, 0.15) is 11.5 Å². The van der Waals surface area contributed by atoms with Crippen LogP contribution in [0.4, 0.5) is 0 Å². The number of carbonyl (C=O) groups is 1. The minimum atomic E-state index is -0.938. The average Bonchev–Trinajstić information content (AvgIpc) is 2.47. The number of hydrogen-bond donors (Lipinski definition) is 2. The van der Waals surface area contributed by atoms with Crippen LogP contribution >= 0.6 is 0 Å². The van der Waals surface area contributed by atoms with Crippen LogP contribution in [0.5, 0.6) is 11.5 Å². The van der Waals surface area contributed by atoms with Gasteiger partial charge in [0.2, 0.25) is 0 Å². The fourth-order valence-electron chi connectivity index (χ4n) is 1.94. The van der Waals surface area contributed by atoms with E-state index in [9.17, 15) is 9.90 Å². The topological polar surface area (TPSA) is 67.8 Å². The number of carboxylic acids is 1. The van der Waals surface area contributed by atoms with Crippen LogP contribution in [0.1, 0.15) is 38.7 Å². The summed E-state index contributed by atoms with van der Waals surface area (Å²) >= 11 is 0. The molecular formula is C16H25NO4. The van der Waals surface area contributed by atoms with Gasteiger partial charge in [0.15, 0.2) is 6.10 Å². The molecule has 0 aliphatic rings. The molecule has 0 spiro atoms. The Morgan fingerprint density at radius 2 is 2.10 bits per heavy atom. The third-order valence-corrected chi connectivity index (χ3v) is 2.97. The summed E-state index contributed by atoms with van der Waals surface area (Å²) in [6, 6.07) is 5.56. The summed E-state index contributed by atoms with van der Waals surface area (Å²) in [6.45, 7) is 5.22. The van der Waals surface area contributed by atoms with E-state index in [1.807, 2.05) is 33.0 Å². The molecular weight excluding hydrogens is 270 g/mol. The Kier molecular flexibility index (Phi) is 7.61. The second-order valence-electron chi connectivity index (χ2n) is 4.88. The number of hydrogen-bond acceptors (Lipinski definition) is 4. The van der Waals surface area contributed by atoms with Crippen molar-refractivity contribution in [3.05, 3.63) is 23.8 Å². The van der Waals surface area contributed by atoms with E-state index in [1.54, 1.807) is 6.07 Å². The molecule has 1 aromatic rings. The summed E-state index contributed by atoms with van der Waals surface area (Å²) in [5.74, 6) is 0.332. The Hall–Kier alpha value is -1.75. The zero-order valence-corrected chi connectivity index (χ0v) is 13.0. The Balaban J connectivity index is 2.95. The van der Waals surface area contributed by atoms with Crippen LogP contribution in [0.2, 0.25) is 0 Å². The van der Waals surface area contributed by atoms with E-state index in [-0.39, 0.29) is 0 Å². The van der Waals surface area contributed by atoms with Gasteiger partial charge in [-0.2, -0.15) is 0 Å². The molecule has 0 aromatic heterocycles. The highest BCUT2D eigenvalue weighted by atomic mass is 16.5. The molecule has 0 saturated carbocycles. The van der Waals surface area contributed by atoms with Crippen molar-refractivity contribution in [2.45, 2.75) is 45.8 Å². The van der Waals surface area contributed by atoms with E-state index in [2.05, 4.69) is 5.32 Å². The number of benzene rings is 1. The van der Waals surface area contributed by atoms with Crippen LogP contribution in [0.15, 0.2) is 18.2 Å². The van der Waals surface area contributed by atoms with Gasteiger partial charge in [-0.15, -0.1) is 0 Å². The first-order valence-electron chi connectivity index (χ1n) is 7.42. The molecule has 0 saturated heterocycles. The highest BCUT2D eigenvalue weighted by Gasteiger charge is 2.20. The van der Waals surface area contributed by atoms with Crippen molar-refractivity contribution < 1.29 is 19.4 Å². The summed E-state index contributed by atoms with van der Waals surface area (Å²) in [5, 5.41) is 12.3. The number of ether oxygens (including phenoxy) is 2. The van der Waals surface area contributed by atoms with Crippen LogP contribution in [-0.4, -0.2) is 30.8 Å². The first kappa shape index (κ1) is 17.3. The van der Waals surface area contributed by atoms with Crippen LogP contribution in [0.3, 0.4) is 0 Å². The molecule has 0 radical (unpaired) electrons. The van der Waals surface area contributed by atoms with Crippen molar-refractivity contribution in [2.24, 2.45) is 0 Å². The second kappa shape index (κ2) is 9.23. The van der Waals surface area contributed by atoms with E-state index < -0.39 is 12.1 Å². The molecule has 2 N–H and O–H groups in total. The van der Waals surface area contributed by atoms with Gasteiger partial charge in [0.05, 0.1) is 6.61 Å². The summed E-state index contributed by atoms with van der Waals surface area (Å²) in [7, 11) is 1.84. The largest absolute Gasteiger partial charge is 0.493 e. The second-order valence-corrected chi connectivity index (χ2v) is 4.88. The summed E-state index contributed by atoms with van der Waals surface area (Å²) in [5.41, 5.74) is 0.920. The highest BCUT2D eigenvalue weighted by molar-refractivity contribution is 5.72. The van der Waals surface area contributed by atoms with Crippen LogP contribution in [-0.2, 0) is 11.3 Å². The van der Waals surface area contributed by atoms with Gasteiger partial charge in [0, 0.05) is 18.2 Å². The molecule has 1 rings (SSSR count). The van der Waals surface area contributed by atoms with Gasteiger partial charge in [-0.1, -0.05) is 26.3 Å². The predicted molar refractivity (Wildman–Crippen MR) is 82.0 cm³/mol. The summed E-state index contributed by atoms with van der Waals surface area (Å²) in [4.78, 5) is 11.2. The van der Waals surface area contributed by atoms with Gasteiger partial charge in [-0.25, -0.2) is 4.79 Å². The predicted octanol–water partition coefficient (Wildman–Crippen LogP) is 2.83. The Morgan fingerprint density at radius 1 is 1.33 bits per heavy atom. The zero-order chi connectivity index (χ0) is 15.7. The fraction of sp³-hybridized carbons (Fsp3) is 0.562. The van der Waals surface area contributed by atoms with Crippen molar-refractivity contribution in [3.8, 4) is 11.5 Å². The lowest BCUT2D eigenvalue weighted by Crippen LogP contribution is -2.27. The molecule has 0 aliphatic carbocycles. The lowest BCUT2D eigenvalue weighted by Gasteiger charge is -2.18. The Labute approximate surface area is 126 Å². The monoisotopic (exact) mass is 295 g/mol. The molecule has 1 aromatic carbocycles. The van der Waals surface area contributed by atoms with Crippen LogP contribution in [0.25, 0.3) is 0 Å². The maximum atomic E-state index is 11.2. The lowest BCUT2D eigenvalue weighted by molar-refractivity contribution is -0.145. The molecule has 1 unspecified atom stereocenters. The van der Waals surface area contributed by atoms with E-state index in [4.69, 9.17) is 9.47 Å². The van der Waals surface area contributed by atoms with Crippen molar-refractivity contribution >= 4 is 5.97 Å². The number of aliphatic carboxylic acids is 1. The van der Waals surface area contributed by atoms with Crippen molar-refractivity contribution in [2.75, 3.05) is 13.7 Å². The van der Waals surface area contributed by atoms with Gasteiger partial charge >= 0.3 is 5.97 Å². The maximum absolute atomic E-state index is 11.2. The van der Waals surface area contributed by atoms with Crippen molar-refractivity contribution in [3.63, 3.8) is 0 Å². The molecule has 5 heteroatoms. The zero-order valence-electron chi connectivity index (χ0n) is 13.0. The highest BCUT2D eigenvalue weighted by Crippen LogP contribution is 2.27. The molecule has 21 heavy (non-hydrogen) atoms. The number of nitrogens with one attached hydrogen (secondary N) is 1. The summed E-state index contributed by atoms with van der Waals surface area (Å²) in [6.07, 6.45) is 1.33. The van der Waals surface area contributed by atoms with E-state index in [0.717, 1.165) is 18.4 Å². The van der Waals surface area contributed by atoms with Gasteiger partial charge in [0.25, 0.3) is 0 Å². The van der Waals surface area contributed by atoms with Crippen molar-refractivity contribution in [1.29, 1.82) is 0 Å².